The van der Waals surface area contributed by atoms with Gasteiger partial charge in [-0.05, 0) is 19.3 Å². The van der Waals surface area contributed by atoms with Gasteiger partial charge < -0.3 is 104 Å². The zero-order chi connectivity index (χ0) is 61.8. The predicted molar refractivity (Wildman–Crippen MR) is 291 cm³/mol. The number of aliphatic hydroxyl groups excluding tert-OH is 3. The van der Waals surface area contributed by atoms with E-state index in [0.717, 1.165) is 19.3 Å². The van der Waals surface area contributed by atoms with Gasteiger partial charge in [0.2, 0.25) is 70.9 Å². The quantitative estimate of drug-likeness (QED) is 0.0270. The molecule has 0 aliphatic carbocycles. The minimum Gasteiger partial charge on any atom is -0.394 e. The lowest BCUT2D eigenvalue weighted by atomic mass is 10.1. The second kappa shape index (κ2) is 45.1. The fourth-order valence-electron chi connectivity index (χ4n) is 7.20. The number of ether oxygens (including phenoxy) is 4. The molecule has 0 saturated heterocycles. The van der Waals surface area contributed by atoms with Crippen LogP contribution >= 0.6 is 0 Å². The zero-order valence-electron chi connectivity index (χ0n) is 47.2. The van der Waals surface area contributed by atoms with E-state index in [0.29, 0.717) is 25.3 Å². The Bertz CT molecular complexity index is 2160. The number of nitrogens with one attached hydrogen (secondary N) is 11. The molecule has 0 aliphatic heterocycles. The van der Waals surface area contributed by atoms with E-state index < -0.39 is 154 Å². The molecule has 33 heteroatoms. The number of aromatic nitrogens is 2. The van der Waals surface area contributed by atoms with Crippen LogP contribution in [-0.4, -0.2) is 232 Å². The molecule has 1 rings (SSSR count). The molecule has 0 aromatic carbocycles. The summed E-state index contributed by atoms with van der Waals surface area (Å²) in [7, 11) is 1.31. The summed E-state index contributed by atoms with van der Waals surface area (Å²) in [5, 5.41) is 53.3. The third-order valence-corrected chi connectivity index (χ3v) is 11.7. The smallest absolute Gasteiger partial charge is 0.246 e. The lowest BCUT2D eigenvalue weighted by Gasteiger charge is -2.26. The van der Waals surface area contributed by atoms with E-state index in [4.69, 9.17) is 30.4 Å². The van der Waals surface area contributed by atoms with Gasteiger partial charge in [-0.15, -0.1) is 0 Å². The average Bonchev–Trinajstić information content (AvgIpc) is 4.07. The van der Waals surface area contributed by atoms with E-state index in [1.165, 1.54) is 45.3 Å². The van der Waals surface area contributed by atoms with Crippen LogP contribution in [0.1, 0.15) is 89.7 Å². The van der Waals surface area contributed by atoms with Crippen molar-refractivity contribution in [1.29, 1.82) is 0 Å². The fourth-order valence-corrected chi connectivity index (χ4v) is 7.20. The van der Waals surface area contributed by atoms with Crippen LogP contribution in [0.5, 0.6) is 0 Å². The number of aliphatic hydroxyl groups is 3. The monoisotopic (exact) mass is 1190 g/mol. The number of hydrogen-bond donors (Lipinski definition) is 16. The first kappa shape index (κ1) is 73.6. The lowest BCUT2D eigenvalue weighted by molar-refractivity contribution is -0.137. The van der Waals surface area contributed by atoms with Gasteiger partial charge in [0.05, 0.1) is 78.0 Å². The van der Waals surface area contributed by atoms with Crippen molar-refractivity contribution in [3.05, 3.63) is 18.2 Å². The van der Waals surface area contributed by atoms with E-state index in [1.54, 1.807) is 0 Å². The maximum Gasteiger partial charge on any atom is 0.246 e. The molecule has 0 radical (unpaired) electrons. The third kappa shape index (κ3) is 35.2. The molecule has 33 nitrogen and oxygen atoms in total. The highest BCUT2D eigenvalue weighted by molar-refractivity contribution is 5.97. The average molecular weight is 1190 g/mol. The van der Waals surface area contributed by atoms with Crippen molar-refractivity contribution in [1.82, 2.24) is 63.1 Å². The maximum absolute atomic E-state index is 13.4. The van der Waals surface area contributed by atoms with Crippen LogP contribution in [0.3, 0.4) is 0 Å². The van der Waals surface area contributed by atoms with Crippen LogP contribution in [0.25, 0.3) is 0 Å². The Hall–Kier alpha value is -7.43. The van der Waals surface area contributed by atoms with Crippen LogP contribution in [0, 0.1) is 0 Å². The summed E-state index contributed by atoms with van der Waals surface area (Å²) in [5.41, 5.74) is 10.9. The summed E-state index contributed by atoms with van der Waals surface area (Å²) in [5.74, 6) is -10.4. The molecule has 0 bridgehead atoms. The molecule has 1 aromatic heterocycles. The Labute approximate surface area is 480 Å². The summed E-state index contributed by atoms with van der Waals surface area (Å²) in [4.78, 5) is 158. The van der Waals surface area contributed by atoms with Crippen molar-refractivity contribution < 1.29 is 91.8 Å². The van der Waals surface area contributed by atoms with Gasteiger partial charge in [-0.1, -0.05) is 45.4 Å². The van der Waals surface area contributed by atoms with Crippen molar-refractivity contribution in [3.8, 4) is 0 Å². The van der Waals surface area contributed by atoms with Gasteiger partial charge in [-0.2, -0.15) is 0 Å². The number of primary amides is 2. The molecule has 12 amide bonds. The van der Waals surface area contributed by atoms with Gasteiger partial charge in [0.25, 0.3) is 0 Å². The second-order valence-electron chi connectivity index (χ2n) is 18.5. The van der Waals surface area contributed by atoms with E-state index in [1.807, 2.05) is 0 Å². The molecular weight excluding hydrogens is 1100 g/mol. The summed E-state index contributed by atoms with van der Waals surface area (Å²) in [6, 6.07) is -9.98. The first-order chi connectivity index (χ1) is 39.8. The number of hydrogen-bond acceptors (Lipinski definition) is 20. The summed E-state index contributed by atoms with van der Waals surface area (Å²) < 4.78 is 21.3. The number of carbonyl (C=O) groups excluding carboxylic acids is 12. The molecule has 6 atom stereocenters. The van der Waals surface area contributed by atoms with Gasteiger partial charge in [-0.25, -0.2) is 4.98 Å². The summed E-state index contributed by atoms with van der Waals surface area (Å²) in [6.45, 7) is -1.09. The van der Waals surface area contributed by atoms with Crippen LogP contribution in [0.2, 0.25) is 0 Å². The Kier molecular flexibility index (Phi) is 40.0. The van der Waals surface area contributed by atoms with E-state index in [-0.39, 0.29) is 64.4 Å². The number of imidazole rings is 1. The fraction of sp³-hybridized carbons (Fsp3) is 0.700. The minimum absolute atomic E-state index is 0.00127. The molecule has 6 unspecified atom stereocenters. The van der Waals surface area contributed by atoms with Crippen molar-refractivity contribution in [2.75, 3.05) is 99.4 Å². The van der Waals surface area contributed by atoms with Gasteiger partial charge in [0.15, 0.2) is 0 Å². The largest absolute Gasteiger partial charge is 0.394 e. The summed E-state index contributed by atoms with van der Waals surface area (Å²) in [6.07, 6.45) is 9.33. The molecule has 18 N–H and O–H groups in total. The molecule has 0 fully saturated rings. The number of nitrogens with two attached hydrogens (primary N) is 2. The number of amides is 12. The van der Waals surface area contributed by atoms with Gasteiger partial charge >= 0.3 is 0 Å². The van der Waals surface area contributed by atoms with Crippen molar-refractivity contribution >= 4 is 70.9 Å². The van der Waals surface area contributed by atoms with Crippen LogP contribution < -0.4 is 64.6 Å². The number of nitrogens with zero attached hydrogens (tertiary/aromatic N) is 1. The van der Waals surface area contributed by atoms with Crippen molar-refractivity contribution in [3.63, 3.8) is 0 Å². The van der Waals surface area contributed by atoms with Crippen molar-refractivity contribution in [2.24, 2.45) is 11.5 Å². The first-order valence-electron chi connectivity index (χ1n) is 27.3. The molecule has 1 heterocycles. The molecule has 470 valence electrons. The van der Waals surface area contributed by atoms with Gasteiger partial charge in [0.1, 0.15) is 49.5 Å². The molecule has 83 heavy (non-hydrogen) atoms. The topological polar surface area (TPSA) is 503 Å². The van der Waals surface area contributed by atoms with Gasteiger partial charge in [0, 0.05) is 52.0 Å². The molecule has 0 saturated carbocycles. The second-order valence-corrected chi connectivity index (χ2v) is 18.5. The number of rotatable bonds is 49. The maximum atomic E-state index is 13.4. The number of carbonyl (C=O) groups is 12. The van der Waals surface area contributed by atoms with Crippen LogP contribution in [0.15, 0.2) is 12.5 Å². The summed E-state index contributed by atoms with van der Waals surface area (Å²) >= 11 is 0. The molecule has 0 spiro atoms. The lowest BCUT2D eigenvalue weighted by Crippen LogP contribution is -2.61. The zero-order valence-corrected chi connectivity index (χ0v) is 47.2. The van der Waals surface area contributed by atoms with Crippen LogP contribution in [-0.2, 0) is 82.9 Å². The molecule has 1 aromatic rings. The van der Waals surface area contributed by atoms with Crippen LogP contribution in [0.4, 0.5) is 0 Å². The Balaban J connectivity index is 2.54. The van der Waals surface area contributed by atoms with E-state index in [2.05, 4.69) is 70.1 Å². The third-order valence-electron chi connectivity index (χ3n) is 11.7. The SMILES string of the molecule is CCCCCCCCCC(=O)NCCOCCOCC(=O)NCCOCCOCC(=O)NCC(=O)NC(CO)C(=O)NC(CCC(N)=O)C(=O)NC(CO)C(=O)NC(CO)C(=O)NC(CCC(N)=O)C(=O)NC(Cc1c[nH]cn1)C(=O)NC. The first-order valence-corrected chi connectivity index (χ1v) is 27.3. The predicted octanol–water partition coefficient (Wildman–Crippen LogP) is -7.33. The highest BCUT2D eigenvalue weighted by atomic mass is 16.5. The highest BCUT2D eigenvalue weighted by Gasteiger charge is 2.33. The van der Waals surface area contributed by atoms with Crippen molar-refractivity contribution in [2.45, 2.75) is 127 Å². The van der Waals surface area contributed by atoms with E-state index in [9.17, 15) is 72.9 Å². The number of aromatic amines is 1. The molecule has 0 aliphatic rings. The number of likely N-dealkylation sites (N-methyl/N-ethyl adjacent to an activating group) is 1. The van der Waals surface area contributed by atoms with Gasteiger partial charge in [-0.3, -0.25) is 57.5 Å². The Morgan fingerprint density at radius 1 is 0.494 bits per heavy atom. The highest BCUT2D eigenvalue weighted by Crippen LogP contribution is 2.09. The minimum atomic E-state index is -1.90. The number of H-pyrrole nitrogens is 1. The standard InChI is InChI=1S/C50H86N14O19/c1-3-4-5-6-7-8-9-10-41(70)55-15-17-80-19-21-82-29-43(72)56-16-18-81-20-22-83-30-44(73)57-25-42(71)59-36(26-65)48(77)60-34(12-14-40(52)69)47(76)63-38(28-67)50(79)64-37(27-66)49(78)61-33(11-13-39(51)68)46(75)62-35(45(74)53-2)23-32-24-54-31-58-32/h24,31,33-38,65-67H,3-23,25-30H2,1-2H3,(H2,51,68)(H2,52,69)(H,53,74)(H,54,58)(H,55,70)(H,56,72)(H,57,73)(H,59,71)(H,60,77)(H,61,78)(H,62,75)(H,63,76)(H,64,79). The Morgan fingerprint density at radius 3 is 1.37 bits per heavy atom. The number of unbranched alkanes of at least 4 members (excludes halogenated alkanes) is 6. The Morgan fingerprint density at radius 2 is 0.916 bits per heavy atom. The van der Waals surface area contributed by atoms with E-state index >= 15 is 0 Å². The normalized spacial score (nSPS) is 13.1. The molecular formula is C50H86N14O19.